The summed E-state index contributed by atoms with van der Waals surface area (Å²) in [6.07, 6.45) is 2.02. The van der Waals surface area contributed by atoms with Gasteiger partial charge in [0.1, 0.15) is 0 Å². The third-order valence-electron chi connectivity index (χ3n) is 7.27. The maximum Gasteiger partial charge on any atom is 0.254 e. The zero-order valence-corrected chi connectivity index (χ0v) is 18.5. The van der Waals surface area contributed by atoms with Crippen molar-refractivity contribution in [1.82, 2.24) is 14.7 Å². The van der Waals surface area contributed by atoms with E-state index in [2.05, 4.69) is 29.2 Å². The van der Waals surface area contributed by atoms with Crippen LogP contribution >= 0.6 is 0 Å². The van der Waals surface area contributed by atoms with Crippen molar-refractivity contribution in [2.45, 2.75) is 37.9 Å². The van der Waals surface area contributed by atoms with Crippen LogP contribution in [0, 0.1) is 0 Å². The van der Waals surface area contributed by atoms with E-state index in [4.69, 9.17) is 4.74 Å². The third-order valence-corrected chi connectivity index (χ3v) is 7.27. The number of hydrogen-bond donors (Lipinski definition) is 0. The number of piperidine rings is 1. The second-order valence-corrected chi connectivity index (χ2v) is 9.20. The van der Waals surface area contributed by atoms with Gasteiger partial charge in [0.25, 0.3) is 5.91 Å². The highest BCUT2D eigenvalue weighted by Gasteiger charge is 2.47. The van der Waals surface area contributed by atoms with Crippen molar-refractivity contribution >= 4 is 11.8 Å². The summed E-state index contributed by atoms with van der Waals surface area (Å²) >= 11 is 0. The molecule has 2 amide bonds. The van der Waals surface area contributed by atoms with Crippen LogP contribution < -0.4 is 0 Å². The summed E-state index contributed by atoms with van der Waals surface area (Å²) in [6.45, 7) is 5.74. The van der Waals surface area contributed by atoms with Crippen molar-refractivity contribution in [3.8, 4) is 0 Å². The van der Waals surface area contributed by atoms with Gasteiger partial charge in [0.15, 0.2) is 0 Å². The van der Waals surface area contributed by atoms with Crippen molar-refractivity contribution in [3.05, 3.63) is 71.3 Å². The highest BCUT2D eigenvalue weighted by atomic mass is 16.5. The standard InChI is InChI=1S/C26H31N3O3/c30-24(28-14-16-32-17-15-28)18-26(29-20-22-8-4-5-9-23(22)25(29)31)10-12-27(13-11-26)19-21-6-2-1-3-7-21/h1-9H,10-20H2. The van der Waals surface area contributed by atoms with Crippen molar-refractivity contribution in [2.75, 3.05) is 39.4 Å². The summed E-state index contributed by atoms with van der Waals surface area (Å²) in [5, 5.41) is 0. The Balaban J connectivity index is 1.35. The Morgan fingerprint density at radius 1 is 0.906 bits per heavy atom. The highest BCUT2D eigenvalue weighted by Crippen LogP contribution is 2.39. The first kappa shape index (κ1) is 21.2. The van der Waals surface area contributed by atoms with Crippen LogP contribution in [0.3, 0.4) is 0 Å². The summed E-state index contributed by atoms with van der Waals surface area (Å²) in [5.74, 6) is 0.223. The molecule has 2 saturated heterocycles. The number of benzene rings is 2. The molecular weight excluding hydrogens is 402 g/mol. The van der Waals surface area contributed by atoms with Gasteiger partial charge in [-0.3, -0.25) is 14.5 Å². The van der Waals surface area contributed by atoms with Gasteiger partial charge in [-0.25, -0.2) is 0 Å². The zero-order chi connectivity index (χ0) is 22.0. The van der Waals surface area contributed by atoms with Gasteiger partial charge >= 0.3 is 0 Å². The number of morpholine rings is 1. The topological polar surface area (TPSA) is 53.1 Å². The van der Waals surface area contributed by atoms with Crippen LogP contribution in [0.5, 0.6) is 0 Å². The second kappa shape index (κ2) is 9.04. The number of ether oxygens (including phenoxy) is 1. The maximum atomic E-state index is 13.4. The molecule has 32 heavy (non-hydrogen) atoms. The van der Waals surface area contributed by atoms with Crippen molar-refractivity contribution < 1.29 is 14.3 Å². The summed E-state index contributed by atoms with van der Waals surface area (Å²) in [6, 6.07) is 18.4. The summed E-state index contributed by atoms with van der Waals surface area (Å²) < 4.78 is 5.43. The Morgan fingerprint density at radius 3 is 2.31 bits per heavy atom. The average molecular weight is 434 g/mol. The number of rotatable bonds is 5. The quantitative estimate of drug-likeness (QED) is 0.728. The number of amides is 2. The fraction of sp³-hybridized carbons (Fsp3) is 0.462. The van der Waals surface area contributed by atoms with Crippen LogP contribution in [-0.4, -0.2) is 71.4 Å². The number of nitrogens with zero attached hydrogens (tertiary/aromatic N) is 3. The lowest BCUT2D eigenvalue weighted by Gasteiger charge is -2.48. The first-order valence-electron chi connectivity index (χ1n) is 11.7. The van der Waals surface area contributed by atoms with Crippen LogP contribution in [-0.2, 0) is 22.6 Å². The van der Waals surface area contributed by atoms with Crippen LogP contribution in [0.15, 0.2) is 54.6 Å². The minimum atomic E-state index is -0.432. The Labute approximate surface area is 189 Å². The molecule has 6 heteroatoms. The van der Waals surface area contributed by atoms with E-state index >= 15 is 0 Å². The van der Waals surface area contributed by atoms with E-state index < -0.39 is 5.54 Å². The molecule has 3 aliphatic heterocycles. The molecule has 5 rings (SSSR count). The molecule has 2 aromatic rings. The molecule has 3 aliphatic rings. The third kappa shape index (κ3) is 4.17. The second-order valence-electron chi connectivity index (χ2n) is 9.20. The summed E-state index contributed by atoms with van der Waals surface area (Å²) in [4.78, 5) is 33.1. The van der Waals surface area contributed by atoms with Crippen LogP contribution in [0.2, 0.25) is 0 Å². The number of fused-ring (bicyclic) bond motifs is 1. The molecule has 0 bridgehead atoms. The minimum absolute atomic E-state index is 0.0758. The van der Waals surface area contributed by atoms with E-state index in [1.807, 2.05) is 40.1 Å². The Kier molecular flexibility index (Phi) is 5.98. The van der Waals surface area contributed by atoms with Gasteiger partial charge in [0.05, 0.1) is 25.2 Å². The van der Waals surface area contributed by atoms with E-state index in [1.165, 1.54) is 5.56 Å². The highest BCUT2D eigenvalue weighted by molar-refractivity contribution is 5.99. The fourth-order valence-electron chi connectivity index (χ4n) is 5.35. The van der Waals surface area contributed by atoms with Gasteiger partial charge in [-0.05, 0) is 30.0 Å². The van der Waals surface area contributed by atoms with Crippen LogP contribution in [0.1, 0.15) is 40.7 Å². The monoisotopic (exact) mass is 433 g/mol. The molecule has 0 spiro atoms. The van der Waals surface area contributed by atoms with Crippen molar-refractivity contribution in [1.29, 1.82) is 0 Å². The first-order valence-corrected chi connectivity index (χ1v) is 11.7. The predicted molar refractivity (Wildman–Crippen MR) is 122 cm³/mol. The smallest absolute Gasteiger partial charge is 0.254 e. The van der Waals surface area contributed by atoms with Gasteiger partial charge < -0.3 is 14.5 Å². The lowest BCUT2D eigenvalue weighted by Crippen LogP contribution is -2.58. The molecule has 0 N–H and O–H groups in total. The van der Waals surface area contributed by atoms with Crippen molar-refractivity contribution in [3.63, 3.8) is 0 Å². The molecule has 0 radical (unpaired) electrons. The average Bonchev–Trinajstić information content (AvgIpc) is 3.19. The minimum Gasteiger partial charge on any atom is -0.378 e. The normalized spacial score (nSPS) is 20.9. The lowest BCUT2D eigenvalue weighted by atomic mass is 9.81. The number of carbonyl (C=O) groups is 2. The first-order chi connectivity index (χ1) is 15.6. The molecule has 2 fully saturated rings. The van der Waals surface area contributed by atoms with Crippen molar-refractivity contribution in [2.24, 2.45) is 0 Å². The Bertz CT molecular complexity index is 963. The van der Waals surface area contributed by atoms with Gasteiger partial charge in [-0.1, -0.05) is 48.5 Å². The molecule has 0 aliphatic carbocycles. The van der Waals surface area contributed by atoms with E-state index in [0.717, 1.165) is 43.6 Å². The molecule has 0 aromatic heterocycles. The Morgan fingerprint density at radius 2 is 1.59 bits per heavy atom. The molecule has 3 heterocycles. The van der Waals surface area contributed by atoms with E-state index in [1.54, 1.807) is 0 Å². The van der Waals surface area contributed by atoms with E-state index in [-0.39, 0.29) is 11.8 Å². The number of likely N-dealkylation sites (tertiary alicyclic amines) is 1. The van der Waals surface area contributed by atoms with Gasteiger partial charge in [-0.2, -0.15) is 0 Å². The van der Waals surface area contributed by atoms with E-state index in [9.17, 15) is 9.59 Å². The van der Waals surface area contributed by atoms with Crippen LogP contribution in [0.25, 0.3) is 0 Å². The van der Waals surface area contributed by atoms with E-state index in [0.29, 0.717) is 39.3 Å². The molecule has 168 valence electrons. The largest absolute Gasteiger partial charge is 0.378 e. The molecular formula is C26H31N3O3. The number of hydrogen-bond acceptors (Lipinski definition) is 4. The SMILES string of the molecule is O=C(CC1(N2Cc3ccccc3C2=O)CCN(Cc2ccccc2)CC1)N1CCOCC1. The summed E-state index contributed by atoms with van der Waals surface area (Å²) in [5.41, 5.74) is 2.73. The van der Waals surface area contributed by atoms with Gasteiger partial charge in [0, 0.05) is 44.8 Å². The molecule has 0 saturated carbocycles. The number of carbonyl (C=O) groups excluding carboxylic acids is 2. The molecule has 0 unspecified atom stereocenters. The zero-order valence-electron chi connectivity index (χ0n) is 18.5. The summed E-state index contributed by atoms with van der Waals surface area (Å²) in [7, 11) is 0. The molecule has 0 atom stereocenters. The maximum absolute atomic E-state index is 13.4. The lowest BCUT2D eigenvalue weighted by molar-refractivity contribution is -0.139. The molecule has 2 aromatic carbocycles. The molecule has 6 nitrogen and oxygen atoms in total. The van der Waals surface area contributed by atoms with Gasteiger partial charge in [-0.15, -0.1) is 0 Å². The van der Waals surface area contributed by atoms with Crippen LogP contribution in [0.4, 0.5) is 0 Å². The predicted octanol–water partition coefficient (Wildman–Crippen LogP) is 2.93. The Hall–Kier alpha value is -2.70. The van der Waals surface area contributed by atoms with Gasteiger partial charge in [0.2, 0.25) is 5.91 Å². The fourth-order valence-corrected chi connectivity index (χ4v) is 5.35.